The molecule has 0 spiro atoms. The van der Waals surface area contributed by atoms with Crippen molar-refractivity contribution in [2.24, 2.45) is 0 Å². The topological polar surface area (TPSA) is 66.7 Å². The van der Waals surface area contributed by atoms with Crippen LogP contribution >= 0.6 is 0 Å². The maximum Gasteiger partial charge on any atom is 0.243 e. The number of hydrogen-bond donors (Lipinski definition) is 0. The van der Waals surface area contributed by atoms with Crippen LogP contribution in [0.2, 0.25) is 0 Å². The van der Waals surface area contributed by atoms with E-state index in [1.807, 2.05) is 39.0 Å². The van der Waals surface area contributed by atoms with Gasteiger partial charge in [0.15, 0.2) is 5.76 Å². The van der Waals surface area contributed by atoms with Crippen molar-refractivity contribution in [1.29, 1.82) is 0 Å². The molecular formula is C17H23N3O3S. The van der Waals surface area contributed by atoms with Crippen molar-refractivity contribution in [1.82, 2.24) is 14.4 Å². The second-order valence-electron chi connectivity index (χ2n) is 6.38. The van der Waals surface area contributed by atoms with Gasteiger partial charge in [-0.1, -0.05) is 17.3 Å². The van der Waals surface area contributed by atoms with Crippen LogP contribution in [0.25, 0.3) is 0 Å². The molecule has 0 bridgehead atoms. The highest BCUT2D eigenvalue weighted by molar-refractivity contribution is 7.89. The minimum atomic E-state index is -3.44. The van der Waals surface area contributed by atoms with E-state index >= 15 is 0 Å². The number of hydrogen-bond acceptors (Lipinski definition) is 5. The summed E-state index contributed by atoms with van der Waals surface area (Å²) in [5, 5.41) is 3.89. The Morgan fingerprint density at radius 1 is 1.08 bits per heavy atom. The lowest BCUT2D eigenvalue weighted by atomic mass is 10.2. The third kappa shape index (κ3) is 3.53. The molecule has 0 unspecified atom stereocenters. The van der Waals surface area contributed by atoms with Crippen molar-refractivity contribution >= 4 is 10.0 Å². The van der Waals surface area contributed by atoms with Gasteiger partial charge in [-0.25, -0.2) is 8.42 Å². The summed E-state index contributed by atoms with van der Waals surface area (Å²) in [6.45, 7) is 8.66. The molecule has 1 fully saturated rings. The SMILES string of the molecule is Cc1ccc(C)c(S(=O)(=O)N2CCN(Cc3cc(C)no3)CC2)c1. The summed E-state index contributed by atoms with van der Waals surface area (Å²) >= 11 is 0. The molecule has 0 N–H and O–H groups in total. The predicted octanol–water partition coefficient (Wildman–Crippen LogP) is 2.11. The van der Waals surface area contributed by atoms with E-state index in [-0.39, 0.29) is 0 Å². The van der Waals surface area contributed by atoms with Crippen molar-refractivity contribution in [3.63, 3.8) is 0 Å². The van der Waals surface area contributed by atoms with E-state index in [2.05, 4.69) is 10.1 Å². The van der Waals surface area contributed by atoms with Crippen LogP contribution in [0.5, 0.6) is 0 Å². The summed E-state index contributed by atoms with van der Waals surface area (Å²) in [5.41, 5.74) is 2.61. The molecule has 0 atom stereocenters. The van der Waals surface area contributed by atoms with Gasteiger partial charge in [0.2, 0.25) is 10.0 Å². The third-order valence-electron chi connectivity index (χ3n) is 4.35. The van der Waals surface area contributed by atoms with Gasteiger partial charge in [-0.3, -0.25) is 4.90 Å². The quantitative estimate of drug-likeness (QED) is 0.846. The Morgan fingerprint density at radius 2 is 1.79 bits per heavy atom. The largest absolute Gasteiger partial charge is 0.360 e. The molecule has 0 aliphatic carbocycles. The zero-order valence-corrected chi connectivity index (χ0v) is 15.1. The average molecular weight is 349 g/mol. The minimum absolute atomic E-state index is 0.418. The Bertz CT molecular complexity index is 821. The van der Waals surface area contributed by atoms with E-state index in [0.717, 1.165) is 22.6 Å². The molecule has 2 heterocycles. The summed E-state index contributed by atoms with van der Waals surface area (Å²) < 4.78 is 32.6. The maximum absolute atomic E-state index is 12.9. The van der Waals surface area contributed by atoms with Crippen LogP contribution in [0.15, 0.2) is 33.7 Å². The molecule has 1 aliphatic rings. The lowest BCUT2D eigenvalue weighted by Crippen LogP contribution is -2.48. The molecule has 1 aliphatic heterocycles. The number of aromatic nitrogens is 1. The summed E-state index contributed by atoms with van der Waals surface area (Å²) in [6.07, 6.45) is 0. The minimum Gasteiger partial charge on any atom is -0.360 e. The highest BCUT2D eigenvalue weighted by Crippen LogP contribution is 2.22. The molecule has 24 heavy (non-hydrogen) atoms. The molecule has 1 aromatic heterocycles. The number of benzene rings is 1. The van der Waals surface area contributed by atoms with Gasteiger partial charge in [-0.15, -0.1) is 0 Å². The highest BCUT2D eigenvalue weighted by atomic mass is 32.2. The fourth-order valence-electron chi connectivity index (χ4n) is 2.96. The first-order chi connectivity index (χ1) is 11.4. The predicted molar refractivity (Wildman–Crippen MR) is 91.2 cm³/mol. The van der Waals surface area contributed by atoms with E-state index in [1.54, 1.807) is 10.4 Å². The van der Waals surface area contributed by atoms with Gasteiger partial charge in [0.05, 0.1) is 17.1 Å². The van der Waals surface area contributed by atoms with E-state index in [1.165, 1.54) is 0 Å². The van der Waals surface area contributed by atoms with Crippen molar-refractivity contribution in [3.8, 4) is 0 Å². The molecule has 130 valence electrons. The van der Waals surface area contributed by atoms with Crippen LogP contribution in [0.1, 0.15) is 22.6 Å². The van der Waals surface area contributed by atoms with Gasteiger partial charge >= 0.3 is 0 Å². The Balaban J connectivity index is 1.68. The second-order valence-corrected chi connectivity index (χ2v) is 8.29. The van der Waals surface area contributed by atoms with E-state index in [4.69, 9.17) is 4.52 Å². The number of nitrogens with zero attached hydrogens (tertiary/aromatic N) is 3. The van der Waals surface area contributed by atoms with Crippen LogP contribution in [-0.4, -0.2) is 49.0 Å². The van der Waals surface area contributed by atoms with Crippen molar-refractivity contribution < 1.29 is 12.9 Å². The van der Waals surface area contributed by atoms with Crippen LogP contribution in [-0.2, 0) is 16.6 Å². The number of rotatable bonds is 4. The average Bonchev–Trinajstić information content (AvgIpc) is 2.95. The lowest BCUT2D eigenvalue weighted by Gasteiger charge is -2.33. The zero-order valence-electron chi connectivity index (χ0n) is 14.3. The standard InChI is InChI=1S/C17H23N3O3S/c1-13-4-5-14(2)17(10-13)24(21,22)20-8-6-19(7-9-20)12-16-11-15(3)18-23-16/h4-5,10-11H,6-9,12H2,1-3H3. The first-order valence-electron chi connectivity index (χ1n) is 8.08. The normalized spacial score (nSPS) is 17.3. The van der Waals surface area contributed by atoms with Gasteiger partial charge in [0, 0.05) is 32.2 Å². The molecule has 0 radical (unpaired) electrons. The molecule has 2 aromatic rings. The summed E-state index contributed by atoms with van der Waals surface area (Å²) in [5.74, 6) is 0.818. The molecular weight excluding hydrogens is 326 g/mol. The van der Waals surface area contributed by atoms with E-state index in [0.29, 0.717) is 37.6 Å². The first kappa shape index (κ1) is 17.1. The molecule has 3 rings (SSSR count). The molecule has 0 amide bonds. The fraction of sp³-hybridized carbons (Fsp3) is 0.471. The maximum atomic E-state index is 12.9. The molecule has 1 aromatic carbocycles. The van der Waals surface area contributed by atoms with Gasteiger partial charge in [0.1, 0.15) is 0 Å². The zero-order chi connectivity index (χ0) is 17.3. The summed E-state index contributed by atoms with van der Waals surface area (Å²) in [4.78, 5) is 2.61. The van der Waals surface area contributed by atoms with E-state index < -0.39 is 10.0 Å². The highest BCUT2D eigenvalue weighted by Gasteiger charge is 2.29. The number of piperazine rings is 1. The van der Waals surface area contributed by atoms with E-state index in [9.17, 15) is 8.42 Å². The van der Waals surface area contributed by atoms with Gasteiger partial charge in [-0.2, -0.15) is 4.31 Å². The molecule has 1 saturated heterocycles. The number of aryl methyl sites for hydroxylation is 3. The summed E-state index contributed by atoms with van der Waals surface area (Å²) in [6, 6.07) is 7.48. The first-order valence-corrected chi connectivity index (χ1v) is 9.52. The Morgan fingerprint density at radius 3 is 2.42 bits per heavy atom. The van der Waals surface area contributed by atoms with Crippen LogP contribution in [0.4, 0.5) is 0 Å². The van der Waals surface area contributed by atoms with Gasteiger partial charge in [0.25, 0.3) is 0 Å². The van der Waals surface area contributed by atoms with Gasteiger partial charge in [-0.05, 0) is 38.0 Å². The lowest BCUT2D eigenvalue weighted by molar-refractivity contribution is 0.166. The summed E-state index contributed by atoms with van der Waals surface area (Å²) in [7, 11) is -3.44. The number of sulfonamides is 1. The molecule has 7 heteroatoms. The Labute approximate surface area is 143 Å². The van der Waals surface area contributed by atoms with Crippen LogP contribution in [0, 0.1) is 20.8 Å². The third-order valence-corrected chi connectivity index (χ3v) is 6.39. The van der Waals surface area contributed by atoms with Gasteiger partial charge < -0.3 is 4.52 Å². The van der Waals surface area contributed by atoms with Crippen molar-refractivity contribution in [3.05, 3.63) is 46.8 Å². The smallest absolute Gasteiger partial charge is 0.243 e. The molecule has 0 saturated carbocycles. The van der Waals surface area contributed by atoms with Crippen molar-refractivity contribution in [2.75, 3.05) is 26.2 Å². The second kappa shape index (κ2) is 6.66. The van der Waals surface area contributed by atoms with Crippen LogP contribution in [0.3, 0.4) is 0 Å². The van der Waals surface area contributed by atoms with Crippen LogP contribution < -0.4 is 0 Å². The monoisotopic (exact) mass is 349 g/mol. The Hall–Kier alpha value is -1.70. The molecule has 6 nitrogen and oxygen atoms in total. The fourth-order valence-corrected chi connectivity index (χ4v) is 4.70. The van der Waals surface area contributed by atoms with Crippen molar-refractivity contribution in [2.45, 2.75) is 32.2 Å². The Kier molecular flexibility index (Phi) is 4.76.